The summed E-state index contributed by atoms with van der Waals surface area (Å²) in [4.78, 5) is 4.44. The molecule has 1 aromatic rings. The summed E-state index contributed by atoms with van der Waals surface area (Å²) in [6, 6.07) is 4.64. The molecule has 0 aliphatic carbocycles. The lowest BCUT2D eigenvalue weighted by atomic mass is 10.1. The summed E-state index contributed by atoms with van der Waals surface area (Å²) < 4.78 is 49.7. The van der Waals surface area contributed by atoms with Crippen LogP contribution in [0.15, 0.2) is 23.2 Å². The number of thioether (sulfide) groups is 1. The minimum atomic E-state index is -4.10. The summed E-state index contributed by atoms with van der Waals surface area (Å²) in [5, 5.41) is 6.09. The highest BCUT2D eigenvalue weighted by Crippen LogP contribution is 2.21. The molecule has 0 aliphatic heterocycles. The molecule has 0 radical (unpaired) electrons. The van der Waals surface area contributed by atoms with Crippen LogP contribution in [-0.4, -0.2) is 31.5 Å². The monoisotopic (exact) mass is 507 g/mol. The number of aliphatic imine (C=N–C) groups is 1. The first-order valence-corrected chi connectivity index (χ1v) is 9.60. The van der Waals surface area contributed by atoms with E-state index in [1.54, 1.807) is 17.8 Å². The number of unbranched alkanes of at least 4 members (excludes halogenated alkanes) is 1. The van der Waals surface area contributed by atoms with Crippen molar-refractivity contribution >= 4 is 41.7 Å². The van der Waals surface area contributed by atoms with E-state index in [0.717, 1.165) is 11.1 Å². The van der Waals surface area contributed by atoms with Crippen LogP contribution in [0, 0.1) is 5.82 Å². The summed E-state index contributed by atoms with van der Waals surface area (Å²) >= 11 is 1.61. The number of hydrogen-bond donors (Lipinski definition) is 2. The van der Waals surface area contributed by atoms with Crippen molar-refractivity contribution in [2.24, 2.45) is 4.99 Å². The van der Waals surface area contributed by atoms with Crippen LogP contribution in [0.5, 0.6) is 0 Å². The summed E-state index contributed by atoms with van der Waals surface area (Å²) in [7, 11) is 0. The standard InChI is InChI=1S/C17H25F4N3S.HI/c1-3-22-16(23-9-5-4-8-17(19,20)21)24-11-13-6-7-15(18)10-14(13)12-25-2;/h6-7,10H,3-5,8-9,11-12H2,1-2H3,(H2,22,23,24);1H. The van der Waals surface area contributed by atoms with Crippen molar-refractivity contribution < 1.29 is 17.6 Å². The molecule has 0 aliphatic rings. The Morgan fingerprint density at radius 3 is 2.50 bits per heavy atom. The average molecular weight is 507 g/mol. The fraction of sp³-hybridized carbons (Fsp3) is 0.588. The number of hydrogen-bond acceptors (Lipinski definition) is 2. The topological polar surface area (TPSA) is 36.4 Å². The summed E-state index contributed by atoms with van der Waals surface area (Å²) in [6.45, 7) is 3.37. The Hall–Kier alpha value is -0.710. The molecule has 0 atom stereocenters. The summed E-state index contributed by atoms with van der Waals surface area (Å²) in [5.41, 5.74) is 1.84. The van der Waals surface area contributed by atoms with E-state index in [2.05, 4.69) is 15.6 Å². The van der Waals surface area contributed by atoms with Crippen LogP contribution in [0.2, 0.25) is 0 Å². The van der Waals surface area contributed by atoms with Crippen molar-refractivity contribution in [3.05, 3.63) is 35.1 Å². The molecule has 0 saturated heterocycles. The molecule has 0 fully saturated rings. The Morgan fingerprint density at radius 1 is 1.15 bits per heavy atom. The molecule has 0 saturated carbocycles. The van der Waals surface area contributed by atoms with Gasteiger partial charge in [-0.15, -0.1) is 24.0 Å². The van der Waals surface area contributed by atoms with E-state index >= 15 is 0 Å². The second kappa shape index (κ2) is 13.5. The van der Waals surface area contributed by atoms with Gasteiger partial charge in [-0.25, -0.2) is 9.38 Å². The van der Waals surface area contributed by atoms with Gasteiger partial charge in [-0.1, -0.05) is 6.07 Å². The SMILES string of the molecule is CCNC(=NCc1ccc(F)cc1CSC)NCCCCC(F)(F)F.I. The van der Waals surface area contributed by atoms with Crippen LogP contribution in [0.1, 0.15) is 37.3 Å². The maximum Gasteiger partial charge on any atom is 0.389 e. The van der Waals surface area contributed by atoms with Gasteiger partial charge in [0.05, 0.1) is 6.54 Å². The number of halogens is 5. The first kappa shape index (κ1) is 25.3. The maximum absolute atomic E-state index is 13.4. The predicted octanol–water partition coefficient (Wildman–Crippen LogP) is 5.09. The van der Waals surface area contributed by atoms with Gasteiger partial charge in [-0.3, -0.25) is 0 Å². The number of benzene rings is 1. The summed E-state index contributed by atoms with van der Waals surface area (Å²) in [6.07, 6.45) is -2.42. The quantitative estimate of drug-likeness (QED) is 0.161. The molecule has 0 spiro atoms. The zero-order valence-corrected chi connectivity index (χ0v) is 18.1. The number of nitrogens with zero attached hydrogens (tertiary/aromatic N) is 1. The number of guanidine groups is 1. The zero-order chi connectivity index (χ0) is 18.7. The fourth-order valence-electron chi connectivity index (χ4n) is 2.20. The van der Waals surface area contributed by atoms with E-state index in [1.165, 1.54) is 12.1 Å². The van der Waals surface area contributed by atoms with E-state index in [9.17, 15) is 17.6 Å². The lowest BCUT2D eigenvalue weighted by Crippen LogP contribution is -2.37. The van der Waals surface area contributed by atoms with Crippen molar-refractivity contribution in [3.63, 3.8) is 0 Å². The smallest absolute Gasteiger partial charge is 0.357 e. The molecule has 150 valence electrons. The Labute approximate surface area is 173 Å². The Bertz CT molecular complexity index is 553. The van der Waals surface area contributed by atoms with Crippen LogP contribution in [0.25, 0.3) is 0 Å². The molecule has 0 bridgehead atoms. The fourth-order valence-corrected chi connectivity index (χ4v) is 2.78. The third-order valence-corrected chi connectivity index (χ3v) is 4.00. The first-order chi connectivity index (χ1) is 11.9. The lowest BCUT2D eigenvalue weighted by molar-refractivity contribution is -0.135. The molecule has 0 amide bonds. The third kappa shape index (κ3) is 11.1. The van der Waals surface area contributed by atoms with Crippen molar-refractivity contribution in [3.8, 4) is 0 Å². The Morgan fingerprint density at radius 2 is 1.88 bits per heavy atom. The average Bonchev–Trinajstić information content (AvgIpc) is 2.52. The second-order valence-electron chi connectivity index (χ2n) is 5.54. The summed E-state index contributed by atoms with van der Waals surface area (Å²) in [5.74, 6) is 0.977. The van der Waals surface area contributed by atoms with Gasteiger partial charge in [0.15, 0.2) is 5.96 Å². The zero-order valence-electron chi connectivity index (χ0n) is 15.0. The number of nitrogens with one attached hydrogen (secondary N) is 2. The van der Waals surface area contributed by atoms with Gasteiger partial charge in [-0.05, 0) is 49.3 Å². The van der Waals surface area contributed by atoms with Crippen LogP contribution in [0.4, 0.5) is 17.6 Å². The van der Waals surface area contributed by atoms with Crippen molar-refractivity contribution in [2.45, 2.75) is 44.7 Å². The molecule has 1 aromatic carbocycles. The normalized spacial score (nSPS) is 11.8. The van der Waals surface area contributed by atoms with E-state index in [-0.39, 0.29) is 36.2 Å². The van der Waals surface area contributed by atoms with Crippen molar-refractivity contribution in [2.75, 3.05) is 19.3 Å². The minimum absolute atomic E-state index is 0. The van der Waals surface area contributed by atoms with Crippen LogP contribution in [-0.2, 0) is 12.3 Å². The molecule has 0 heterocycles. The molecule has 1 rings (SSSR count). The van der Waals surface area contributed by atoms with E-state index in [0.29, 0.717) is 37.8 Å². The molecular weight excluding hydrogens is 481 g/mol. The molecule has 3 nitrogen and oxygen atoms in total. The molecule has 0 aromatic heterocycles. The second-order valence-corrected chi connectivity index (χ2v) is 6.41. The largest absolute Gasteiger partial charge is 0.389 e. The van der Waals surface area contributed by atoms with Crippen LogP contribution >= 0.6 is 35.7 Å². The van der Waals surface area contributed by atoms with E-state index in [1.807, 2.05) is 13.2 Å². The first-order valence-electron chi connectivity index (χ1n) is 8.21. The van der Waals surface area contributed by atoms with Gasteiger partial charge in [0.1, 0.15) is 5.82 Å². The highest BCUT2D eigenvalue weighted by Gasteiger charge is 2.25. The molecular formula is C17H26F4IN3S. The lowest BCUT2D eigenvalue weighted by Gasteiger charge is -2.13. The Balaban J connectivity index is 0.00000625. The maximum atomic E-state index is 13.4. The molecule has 26 heavy (non-hydrogen) atoms. The Kier molecular flexibility index (Phi) is 13.1. The van der Waals surface area contributed by atoms with E-state index < -0.39 is 12.6 Å². The highest BCUT2D eigenvalue weighted by atomic mass is 127. The van der Waals surface area contributed by atoms with Gasteiger partial charge in [0.25, 0.3) is 0 Å². The predicted molar refractivity (Wildman–Crippen MR) is 112 cm³/mol. The highest BCUT2D eigenvalue weighted by molar-refractivity contribution is 14.0. The third-order valence-electron chi connectivity index (χ3n) is 3.40. The van der Waals surface area contributed by atoms with Gasteiger partial charge in [0.2, 0.25) is 0 Å². The van der Waals surface area contributed by atoms with Gasteiger partial charge in [0, 0.05) is 25.3 Å². The minimum Gasteiger partial charge on any atom is -0.357 e. The van der Waals surface area contributed by atoms with Gasteiger partial charge >= 0.3 is 6.18 Å². The van der Waals surface area contributed by atoms with Crippen LogP contribution in [0.3, 0.4) is 0 Å². The van der Waals surface area contributed by atoms with E-state index in [4.69, 9.17) is 0 Å². The van der Waals surface area contributed by atoms with Gasteiger partial charge < -0.3 is 10.6 Å². The van der Waals surface area contributed by atoms with Crippen molar-refractivity contribution in [1.29, 1.82) is 0 Å². The van der Waals surface area contributed by atoms with Gasteiger partial charge in [-0.2, -0.15) is 24.9 Å². The number of alkyl halides is 3. The molecule has 0 unspecified atom stereocenters. The molecule has 2 N–H and O–H groups in total. The number of rotatable bonds is 9. The van der Waals surface area contributed by atoms with Crippen molar-refractivity contribution in [1.82, 2.24) is 10.6 Å². The van der Waals surface area contributed by atoms with Crippen LogP contribution < -0.4 is 10.6 Å². The molecule has 9 heteroatoms.